The molecule has 35 heavy (non-hydrogen) atoms. The predicted molar refractivity (Wildman–Crippen MR) is 131 cm³/mol. The van der Waals surface area contributed by atoms with E-state index in [-0.39, 0.29) is 16.8 Å². The minimum absolute atomic E-state index is 0.131. The highest BCUT2D eigenvalue weighted by Gasteiger charge is 2.33. The van der Waals surface area contributed by atoms with Gasteiger partial charge >= 0.3 is 0 Å². The summed E-state index contributed by atoms with van der Waals surface area (Å²) in [6.07, 6.45) is 11.3. The quantitative estimate of drug-likeness (QED) is 0.375. The van der Waals surface area contributed by atoms with Crippen LogP contribution in [0.4, 0.5) is 0 Å². The number of aromatic amines is 2. The third-order valence-electron chi connectivity index (χ3n) is 6.69. The van der Waals surface area contributed by atoms with Gasteiger partial charge in [-0.15, -0.1) is 0 Å². The molecule has 1 atom stereocenters. The summed E-state index contributed by atoms with van der Waals surface area (Å²) >= 11 is 0. The van der Waals surface area contributed by atoms with E-state index in [1.165, 1.54) is 0 Å². The molecule has 4 heterocycles. The number of fused-ring (bicyclic) bond motifs is 2. The first kappa shape index (κ1) is 19.8. The van der Waals surface area contributed by atoms with Gasteiger partial charge in [0.15, 0.2) is 0 Å². The van der Waals surface area contributed by atoms with E-state index in [1.807, 2.05) is 47.3 Å². The van der Waals surface area contributed by atoms with Gasteiger partial charge in [-0.05, 0) is 48.7 Å². The number of pyridine rings is 1. The van der Waals surface area contributed by atoms with Crippen LogP contribution in [0.15, 0.2) is 72.1 Å². The zero-order chi connectivity index (χ0) is 23.5. The zero-order valence-electron chi connectivity index (χ0n) is 18.6. The summed E-state index contributed by atoms with van der Waals surface area (Å²) in [5.41, 5.74) is 4.64. The Morgan fingerprint density at radius 1 is 1.09 bits per heavy atom. The van der Waals surface area contributed by atoms with Crippen molar-refractivity contribution in [2.24, 2.45) is 0 Å². The highest BCUT2D eigenvalue weighted by Crippen LogP contribution is 2.40. The second-order valence-electron chi connectivity index (χ2n) is 8.95. The third kappa shape index (κ3) is 3.16. The lowest BCUT2D eigenvalue weighted by atomic mass is 9.86. The SMILES string of the molecule is N=C1C(c2cccc3[nH]ncc23)=CC(n2ccc(C3CC3)n2)c2nc(-c3cccnc3)[nH]c(=O)c21. The number of H-pyrrole nitrogens is 2. The molecule has 1 unspecified atom stereocenters. The van der Waals surface area contributed by atoms with Gasteiger partial charge in [0.2, 0.25) is 0 Å². The summed E-state index contributed by atoms with van der Waals surface area (Å²) in [7, 11) is 0. The van der Waals surface area contributed by atoms with Crippen molar-refractivity contribution in [3.8, 4) is 11.4 Å². The van der Waals surface area contributed by atoms with Gasteiger partial charge in [-0.1, -0.05) is 12.1 Å². The molecule has 2 aliphatic rings. The van der Waals surface area contributed by atoms with E-state index in [0.717, 1.165) is 35.0 Å². The Labute approximate surface area is 199 Å². The van der Waals surface area contributed by atoms with Crippen LogP contribution in [0.2, 0.25) is 0 Å². The molecule has 1 fully saturated rings. The van der Waals surface area contributed by atoms with Crippen molar-refractivity contribution in [2.45, 2.75) is 24.8 Å². The van der Waals surface area contributed by atoms with Crippen molar-refractivity contribution in [3.63, 3.8) is 0 Å². The first-order chi connectivity index (χ1) is 17.2. The van der Waals surface area contributed by atoms with E-state index in [4.69, 9.17) is 15.5 Å². The standard InChI is InChI=1S/C26H20N8O/c27-23-17(16-4-1-5-20-18(16)13-29-32-20)11-21(34-10-8-19(33-34)14-6-7-14)24-22(23)26(35)31-25(30-24)15-3-2-9-28-12-15/h1-5,8-14,21,27H,6-7H2,(H,29,32)(H,30,31,35). The molecule has 4 aromatic heterocycles. The number of benzene rings is 1. The van der Waals surface area contributed by atoms with E-state index in [0.29, 0.717) is 28.6 Å². The van der Waals surface area contributed by atoms with Crippen molar-refractivity contribution in [3.05, 3.63) is 100 Å². The average Bonchev–Trinajstić information content (AvgIpc) is 3.41. The first-order valence-corrected chi connectivity index (χ1v) is 11.5. The number of hydrogen-bond acceptors (Lipinski definition) is 6. The molecular formula is C26H20N8O. The van der Waals surface area contributed by atoms with Gasteiger partial charge in [0.05, 0.1) is 34.4 Å². The monoisotopic (exact) mass is 460 g/mol. The molecule has 0 spiro atoms. The Bertz CT molecular complexity index is 1700. The van der Waals surface area contributed by atoms with Crippen molar-refractivity contribution in [2.75, 3.05) is 0 Å². The lowest BCUT2D eigenvalue weighted by Gasteiger charge is -2.25. The molecule has 0 radical (unpaired) electrons. The van der Waals surface area contributed by atoms with Crippen LogP contribution in [0, 0.1) is 5.41 Å². The van der Waals surface area contributed by atoms with Gasteiger partial charge in [0, 0.05) is 41.0 Å². The molecule has 5 aromatic rings. The third-order valence-corrected chi connectivity index (χ3v) is 6.69. The molecule has 170 valence electrons. The highest BCUT2D eigenvalue weighted by molar-refractivity contribution is 6.33. The lowest BCUT2D eigenvalue weighted by Crippen LogP contribution is -2.30. The van der Waals surface area contributed by atoms with Crippen LogP contribution in [0.5, 0.6) is 0 Å². The number of hydrogen-bond donors (Lipinski definition) is 3. The summed E-state index contributed by atoms with van der Waals surface area (Å²) in [5.74, 6) is 0.918. The highest BCUT2D eigenvalue weighted by atomic mass is 16.1. The van der Waals surface area contributed by atoms with E-state index in [1.54, 1.807) is 24.7 Å². The Morgan fingerprint density at radius 3 is 2.83 bits per heavy atom. The Balaban J connectivity index is 1.46. The minimum Gasteiger partial charge on any atom is -0.306 e. The molecule has 9 nitrogen and oxygen atoms in total. The Kier molecular flexibility index (Phi) is 4.19. The lowest BCUT2D eigenvalue weighted by molar-refractivity contribution is 0.586. The van der Waals surface area contributed by atoms with Crippen LogP contribution in [0.1, 0.15) is 47.3 Å². The first-order valence-electron chi connectivity index (χ1n) is 11.5. The number of rotatable bonds is 4. The van der Waals surface area contributed by atoms with Crippen molar-refractivity contribution >= 4 is 22.2 Å². The average molecular weight is 461 g/mol. The largest absolute Gasteiger partial charge is 0.306 e. The summed E-state index contributed by atoms with van der Waals surface area (Å²) in [6, 6.07) is 11.0. The van der Waals surface area contributed by atoms with Gasteiger partial charge in [-0.2, -0.15) is 10.2 Å². The summed E-state index contributed by atoms with van der Waals surface area (Å²) in [5, 5.41) is 21.9. The van der Waals surface area contributed by atoms with Crippen LogP contribution in [-0.4, -0.2) is 40.6 Å². The molecule has 3 N–H and O–H groups in total. The maximum Gasteiger partial charge on any atom is 0.260 e. The molecule has 1 aromatic carbocycles. The normalized spacial score (nSPS) is 17.4. The topological polar surface area (TPSA) is 129 Å². The van der Waals surface area contributed by atoms with Crippen LogP contribution >= 0.6 is 0 Å². The maximum atomic E-state index is 13.4. The Hall–Kier alpha value is -4.66. The Morgan fingerprint density at radius 2 is 2.00 bits per heavy atom. The molecule has 0 aliphatic heterocycles. The van der Waals surface area contributed by atoms with Crippen molar-refractivity contribution in [1.29, 1.82) is 5.41 Å². The number of aromatic nitrogens is 7. The van der Waals surface area contributed by atoms with Gasteiger partial charge in [-0.25, -0.2) is 4.98 Å². The fraction of sp³-hybridized carbons (Fsp3) is 0.154. The molecule has 2 aliphatic carbocycles. The molecule has 1 saturated carbocycles. The molecule has 7 rings (SSSR count). The molecule has 9 heteroatoms. The minimum atomic E-state index is -0.443. The van der Waals surface area contributed by atoms with Crippen LogP contribution in [0.25, 0.3) is 27.9 Å². The van der Waals surface area contributed by atoms with E-state index in [2.05, 4.69) is 20.2 Å². The number of nitrogens with zero attached hydrogens (tertiary/aromatic N) is 5. The smallest absolute Gasteiger partial charge is 0.260 e. The number of allylic oxidation sites excluding steroid dienone is 2. The van der Waals surface area contributed by atoms with Crippen molar-refractivity contribution in [1.82, 2.24) is 34.9 Å². The van der Waals surface area contributed by atoms with E-state index in [9.17, 15) is 4.79 Å². The van der Waals surface area contributed by atoms with E-state index >= 15 is 0 Å². The van der Waals surface area contributed by atoms with Crippen LogP contribution < -0.4 is 5.56 Å². The van der Waals surface area contributed by atoms with Gasteiger partial charge in [-0.3, -0.25) is 25.0 Å². The van der Waals surface area contributed by atoms with Gasteiger partial charge in [0.25, 0.3) is 5.56 Å². The summed E-state index contributed by atoms with van der Waals surface area (Å²) < 4.78 is 1.86. The van der Waals surface area contributed by atoms with Crippen LogP contribution in [-0.2, 0) is 0 Å². The van der Waals surface area contributed by atoms with Crippen LogP contribution in [0.3, 0.4) is 0 Å². The molecular weight excluding hydrogens is 440 g/mol. The molecule has 0 bridgehead atoms. The summed E-state index contributed by atoms with van der Waals surface area (Å²) in [4.78, 5) is 25.3. The van der Waals surface area contributed by atoms with Gasteiger partial charge in [0.1, 0.15) is 11.9 Å². The fourth-order valence-corrected chi connectivity index (χ4v) is 4.77. The number of nitrogens with one attached hydrogen (secondary N) is 3. The summed E-state index contributed by atoms with van der Waals surface area (Å²) in [6.45, 7) is 0. The maximum absolute atomic E-state index is 13.4. The molecule has 0 saturated heterocycles. The van der Waals surface area contributed by atoms with Gasteiger partial charge < -0.3 is 4.98 Å². The van der Waals surface area contributed by atoms with E-state index < -0.39 is 6.04 Å². The predicted octanol–water partition coefficient (Wildman–Crippen LogP) is 3.84. The zero-order valence-corrected chi connectivity index (χ0v) is 18.6. The molecule has 0 amide bonds. The second-order valence-corrected chi connectivity index (χ2v) is 8.95. The fourth-order valence-electron chi connectivity index (χ4n) is 4.77. The van der Waals surface area contributed by atoms with Crippen molar-refractivity contribution < 1.29 is 0 Å². The second kappa shape index (κ2) is 7.42.